The predicted molar refractivity (Wildman–Crippen MR) is 96.8 cm³/mol. The molecule has 0 radical (unpaired) electrons. The third-order valence-electron chi connectivity index (χ3n) is 6.75. The molecule has 1 aromatic rings. The van der Waals surface area contributed by atoms with Gasteiger partial charge < -0.3 is 10.2 Å². The predicted octanol–water partition coefficient (Wildman–Crippen LogP) is 2.77. The van der Waals surface area contributed by atoms with Crippen LogP contribution in [0, 0.1) is 17.3 Å². The zero-order valence-electron chi connectivity index (χ0n) is 15.0. The van der Waals surface area contributed by atoms with E-state index in [9.17, 15) is 9.59 Å². The number of carbonyl (C=O) groups is 2. The van der Waals surface area contributed by atoms with Crippen LogP contribution in [0.15, 0.2) is 30.3 Å². The number of fused-ring (bicyclic) bond motifs is 2. The monoisotopic (exact) mass is 340 g/mol. The highest BCUT2D eigenvalue weighted by molar-refractivity contribution is 5.85. The molecule has 1 saturated heterocycles. The van der Waals surface area contributed by atoms with Crippen molar-refractivity contribution in [2.75, 3.05) is 13.6 Å². The number of likely N-dealkylation sites (tertiary alicyclic amines) is 1. The first-order valence-corrected chi connectivity index (χ1v) is 9.66. The van der Waals surface area contributed by atoms with Crippen LogP contribution in [0.5, 0.6) is 0 Å². The SMILES string of the molecule is CN1C[C@H](NC(=O)[C@@]2(Cc3ccccc3)C[C@H]3CC[C@H]2C3)CCC1=O. The summed E-state index contributed by atoms with van der Waals surface area (Å²) in [6.07, 6.45) is 6.87. The molecule has 4 rings (SSSR count). The van der Waals surface area contributed by atoms with E-state index in [0.717, 1.165) is 25.2 Å². The number of hydrogen-bond donors (Lipinski definition) is 1. The quantitative estimate of drug-likeness (QED) is 0.916. The van der Waals surface area contributed by atoms with Gasteiger partial charge in [-0.3, -0.25) is 9.59 Å². The van der Waals surface area contributed by atoms with Crippen LogP contribution in [0.4, 0.5) is 0 Å². The Morgan fingerprint density at radius 3 is 2.68 bits per heavy atom. The van der Waals surface area contributed by atoms with Crippen molar-refractivity contribution >= 4 is 11.8 Å². The van der Waals surface area contributed by atoms with E-state index in [1.54, 1.807) is 4.90 Å². The van der Waals surface area contributed by atoms with Crippen LogP contribution in [0.1, 0.15) is 44.1 Å². The van der Waals surface area contributed by atoms with Crippen LogP contribution in [-0.4, -0.2) is 36.3 Å². The fourth-order valence-electron chi connectivity index (χ4n) is 5.44. The molecule has 2 aliphatic carbocycles. The first-order chi connectivity index (χ1) is 12.1. The molecule has 0 unspecified atom stereocenters. The van der Waals surface area contributed by atoms with Gasteiger partial charge in [-0.15, -0.1) is 0 Å². The first kappa shape index (κ1) is 16.6. The van der Waals surface area contributed by atoms with Gasteiger partial charge in [-0.1, -0.05) is 36.8 Å². The second-order valence-corrected chi connectivity index (χ2v) is 8.38. The van der Waals surface area contributed by atoms with Crippen molar-refractivity contribution in [3.8, 4) is 0 Å². The summed E-state index contributed by atoms with van der Waals surface area (Å²) in [5.74, 6) is 1.65. The zero-order chi connectivity index (χ0) is 17.4. The summed E-state index contributed by atoms with van der Waals surface area (Å²) in [4.78, 5) is 26.9. The van der Waals surface area contributed by atoms with Crippen LogP contribution in [0.3, 0.4) is 0 Å². The molecule has 1 aliphatic heterocycles. The standard InChI is InChI=1S/C21H28N2O2/c1-23-14-18(9-10-19(23)24)22-20(25)21(12-15-5-3-2-4-6-15)13-16-7-8-17(21)11-16/h2-6,16-18H,7-14H2,1H3,(H,22,25)/t16-,17-,18+,21-/m0/s1. The van der Waals surface area contributed by atoms with Gasteiger partial charge in [0.05, 0.1) is 5.41 Å². The molecule has 134 valence electrons. The van der Waals surface area contributed by atoms with E-state index in [4.69, 9.17) is 0 Å². The van der Waals surface area contributed by atoms with Crippen LogP contribution >= 0.6 is 0 Å². The summed E-state index contributed by atoms with van der Waals surface area (Å²) in [5, 5.41) is 3.32. The van der Waals surface area contributed by atoms with Crippen LogP contribution in [0.2, 0.25) is 0 Å². The normalized spacial score (nSPS) is 34.4. The highest BCUT2D eigenvalue weighted by atomic mass is 16.2. The van der Waals surface area contributed by atoms with Gasteiger partial charge >= 0.3 is 0 Å². The highest BCUT2D eigenvalue weighted by Crippen LogP contribution is 2.57. The number of benzene rings is 1. The van der Waals surface area contributed by atoms with E-state index in [-0.39, 0.29) is 23.3 Å². The summed E-state index contributed by atoms with van der Waals surface area (Å²) in [6, 6.07) is 10.6. The lowest BCUT2D eigenvalue weighted by Crippen LogP contribution is -2.54. The maximum atomic E-state index is 13.4. The molecular formula is C21H28N2O2. The Morgan fingerprint density at radius 2 is 2.04 bits per heavy atom. The third kappa shape index (κ3) is 3.07. The summed E-state index contributed by atoms with van der Waals surface area (Å²) >= 11 is 0. The van der Waals surface area contributed by atoms with E-state index in [0.29, 0.717) is 18.9 Å². The van der Waals surface area contributed by atoms with Crippen molar-refractivity contribution in [1.29, 1.82) is 0 Å². The Kier molecular flexibility index (Phi) is 4.30. The van der Waals surface area contributed by atoms with Gasteiger partial charge in [-0.25, -0.2) is 0 Å². The molecule has 1 N–H and O–H groups in total. The van der Waals surface area contributed by atoms with E-state index in [1.165, 1.54) is 24.8 Å². The van der Waals surface area contributed by atoms with Crippen molar-refractivity contribution in [2.24, 2.45) is 17.3 Å². The molecule has 0 aromatic heterocycles. The Labute approximate surface area is 150 Å². The van der Waals surface area contributed by atoms with Crippen molar-refractivity contribution in [3.63, 3.8) is 0 Å². The minimum atomic E-state index is -0.246. The average Bonchev–Trinajstić information content (AvgIpc) is 3.21. The van der Waals surface area contributed by atoms with E-state index >= 15 is 0 Å². The molecule has 3 fully saturated rings. The van der Waals surface area contributed by atoms with E-state index < -0.39 is 0 Å². The van der Waals surface area contributed by atoms with Crippen LogP contribution in [0.25, 0.3) is 0 Å². The lowest BCUT2D eigenvalue weighted by atomic mass is 9.68. The number of hydrogen-bond acceptors (Lipinski definition) is 2. The second-order valence-electron chi connectivity index (χ2n) is 8.38. The molecule has 2 amide bonds. The van der Waals surface area contributed by atoms with Crippen molar-refractivity contribution in [2.45, 2.75) is 51.0 Å². The number of carbonyl (C=O) groups excluding carboxylic acids is 2. The molecule has 4 nitrogen and oxygen atoms in total. The molecule has 25 heavy (non-hydrogen) atoms. The van der Waals surface area contributed by atoms with Gasteiger partial charge in [0.2, 0.25) is 11.8 Å². The summed E-state index contributed by atoms with van der Waals surface area (Å²) in [5.41, 5.74) is 1.02. The largest absolute Gasteiger partial charge is 0.351 e. The van der Waals surface area contributed by atoms with E-state index in [1.807, 2.05) is 13.1 Å². The number of piperidine rings is 1. The minimum Gasteiger partial charge on any atom is -0.351 e. The lowest BCUT2D eigenvalue weighted by Gasteiger charge is -2.39. The van der Waals surface area contributed by atoms with Gasteiger partial charge in [0.25, 0.3) is 0 Å². The molecule has 0 spiro atoms. The fourth-order valence-corrected chi connectivity index (χ4v) is 5.44. The zero-order valence-corrected chi connectivity index (χ0v) is 15.0. The van der Waals surface area contributed by atoms with Gasteiger partial charge in [-0.2, -0.15) is 0 Å². The van der Waals surface area contributed by atoms with Gasteiger partial charge in [0.15, 0.2) is 0 Å². The number of amides is 2. The number of likely N-dealkylation sites (N-methyl/N-ethyl adjacent to an activating group) is 1. The minimum absolute atomic E-state index is 0.0991. The molecule has 4 heteroatoms. The molecule has 4 atom stereocenters. The Morgan fingerprint density at radius 1 is 1.24 bits per heavy atom. The maximum absolute atomic E-state index is 13.4. The summed E-state index contributed by atoms with van der Waals surface area (Å²) in [7, 11) is 1.83. The molecule has 2 saturated carbocycles. The van der Waals surface area contributed by atoms with Gasteiger partial charge in [-0.05, 0) is 49.5 Å². The number of rotatable bonds is 4. The topological polar surface area (TPSA) is 49.4 Å². The Balaban J connectivity index is 1.52. The van der Waals surface area contributed by atoms with Crippen molar-refractivity contribution in [1.82, 2.24) is 10.2 Å². The lowest BCUT2D eigenvalue weighted by molar-refractivity contribution is -0.138. The molecule has 2 bridgehead atoms. The maximum Gasteiger partial charge on any atom is 0.227 e. The first-order valence-electron chi connectivity index (χ1n) is 9.66. The average molecular weight is 340 g/mol. The highest BCUT2D eigenvalue weighted by Gasteiger charge is 2.55. The fraction of sp³-hybridized carbons (Fsp3) is 0.619. The van der Waals surface area contributed by atoms with Crippen molar-refractivity contribution < 1.29 is 9.59 Å². The summed E-state index contributed by atoms with van der Waals surface area (Å²) < 4.78 is 0. The summed E-state index contributed by atoms with van der Waals surface area (Å²) in [6.45, 7) is 0.639. The Hall–Kier alpha value is -1.84. The number of nitrogens with zero attached hydrogens (tertiary/aromatic N) is 1. The molecular weight excluding hydrogens is 312 g/mol. The molecule has 1 heterocycles. The smallest absolute Gasteiger partial charge is 0.227 e. The van der Waals surface area contributed by atoms with Crippen LogP contribution in [-0.2, 0) is 16.0 Å². The molecule has 3 aliphatic rings. The van der Waals surface area contributed by atoms with Crippen LogP contribution < -0.4 is 5.32 Å². The van der Waals surface area contributed by atoms with E-state index in [2.05, 4.69) is 29.6 Å². The molecule has 1 aromatic carbocycles. The van der Waals surface area contributed by atoms with Crippen molar-refractivity contribution in [3.05, 3.63) is 35.9 Å². The number of nitrogens with one attached hydrogen (secondary N) is 1. The Bertz CT molecular complexity index is 659. The van der Waals surface area contributed by atoms with Gasteiger partial charge in [0, 0.05) is 26.1 Å². The third-order valence-corrected chi connectivity index (χ3v) is 6.75. The van der Waals surface area contributed by atoms with Gasteiger partial charge in [0.1, 0.15) is 0 Å². The second kappa shape index (κ2) is 6.47.